The minimum atomic E-state index is 0.108. The number of hydrogen-bond acceptors (Lipinski definition) is 2. The van der Waals surface area contributed by atoms with Crippen molar-refractivity contribution in [1.29, 1.82) is 0 Å². The van der Waals surface area contributed by atoms with Gasteiger partial charge in [0, 0.05) is 17.6 Å². The summed E-state index contributed by atoms with van der Waals surface area (Å²) in [5, 5.41) is 0.948. The normalized spacial score (nSPS) is 16.9. The molecule has 1 fully saturated rings. The van der Waals surface area contributed by atoms with Gasteiger partial charge in [0.05, 0.1) is 17.1 Å². The highest BCUT2D eigenvalue weighted by molar-refractivity contribution is 6.06. The minimum absolute atomic E-state index is 0.108. The quantitative estimate of drug-likeness (QED) is 0.700. The van der Waals surface area contributed by atoms with Gasteiger partial charge < -0.3 is 4.90 Å². The Bertz CT molecular complexity index is 918. The molecule has 24 heavy (non-hydrogen) atoms. The first-order chi connectivity index (χ1) is 11.6. The van der Waals surface area contributed by atoms with E-state index < -0.39 is 0 Å². The Labute approximate surface area is 141 Å². The van der Waals surface area contributed by atoms with E-state index in [0.29, 0.717) is 0 Å². The molecule has 1 aliphatic rings. The van der Waals surface area contributed by atoms with Crippen molar-refractivity contribution in [3.8, 4) is 0 Å². The Morgan fingerprint density at radius 2 is 1.88 bits per heavy atom. The van der Waals surface area contributed by atoms with Gasteiger partial charge in [-0.2, -0.15) is 0 Å². The fourth-order valence-corrected chi connectivity index (χ4v) is 3.46. The first kappa shape index (κ1) is 14.9. The molecule has 1 aromatic heterocycles. The Hall–Kier alpha value is -2.68. The summed E-state index contributed by atoms with van der Waals surface area (Å²) in [5.41, 5.74) is 4.89. The Morgan fingerprint density at radius 3 is 2.58 bits per heavy atom. The fourth-order valence-electron chi connectivity index (χ4n) is 3.46. The molecule has 4 rings (SSSR count). The number of likely N-dealkylation sites (tertiary alicyclic amines) is 1. The molecule has 0 unspecified atom stereocenters. The van der Waals surface area contributed by atoms with Crippen LogP contribution in [0.15, 0.2) is 54.6 Å². The highest BCUT2D eigenvalue weighted by Crippen LogP contribution is 2.35. The van der Waals surface area contributed by atoms with Crippen LogP contribution >= 0.6 is 0 Å². The molecule has 1 atom stereocenters. The largest absolute Gasteiger partial charge is 0.331 e. The van der Waals surface area contributed by atoms with Crippen molar-refractivity contribution in [3.05, 3.63) is 77.0 Å². The Kier molecular flexibility index (Phi) is 3.57. The molecule has 2 aromatic carbocycles. The van der Waals surface area contributed by atoms with Crippen LogP contribution in [0.5, 0.6) is 0 Å². The van der Waals surface area contributed by atoms with Crippen LogP contribution < -0.4 is 0 Å². The molecule has 0 aliphatic carbocycles. The zero-order valence-corrected chi connectivity index (χ0v) is 14.0. The number of carbonyl (C=O) groups is 1. The van der Waals surface area contributed by atoms with Gasteiger partial charge in [-0.05, 0) is 44.0 Å². The van der Waals surface area contributed by atoms with Crippen molar-refractivity contribution in [1.82, 2.24) is 9.88 Å². The fraction of sp³-hybridized carbons (Fsp3) is 0.238. The maximum Gasteiger partial charge on any atom is 0.255 e. The van der Waals surface area contributed by atoms with E-state index >= 15 is 0 Å². The van der Waals surface area contributed by atoms with Gasteiger partial charge >= 0.3 is 0 Å². The zero-order valence-electron chi connectivity index (χ0n) is 14.0. The minimum Gasteiger partial charge on any atom is -0.331 e. The van der Waals surface area contributed by atoms with Crippen LogP contribution in [0.4, 0.5) is 0 Å². The van der Waals surface area contributed by atoms with Crippen LogP contribution in [0.3, 0.4) is 0 Å². The van der Waals surface area contributed by atoms with E-state index in [1.54, 1.807) is 0 Å². The van der Waals surface area contributed by atoms with E-state index in [0.717, 1.165) is 40.7 Å². The van der Waals surface area contributed by atoms with Crippen molar-refractivity contribution in [2.75, 3.05) is 6.54 Å². The van der Waals surface area contributed by atoms with Crippen molar-refractivity contribution in [2.24, 2.45) is 0 Å². The van der Waals surface area contributed by atoms with E-state index in [1.165, 1.54) is 5.56 Å². The lowest BCUT2D eigenvalue weighted by Crippen LogP contribution is -2.45. The molecular weight excluding hydrogens is 296 g/mol. The number of rotatable bonds is 2. The smallest absolute Gasteiger partial charge is 0.255 e. The molecule has 1 aliphatic heterocycles. The number of aromatic nitrogens is 1. The predicted molar refractivity (Wildman–Crippen MR) is 96.1 cm³/mol. The molecule has 3 nitrogen and oxygen atoms in total. The van der Waals surface area contributed by atoms with E-state index in [9.17, 15) is 4.79 Å². The number of aryl methyl sites for hydroxylation is 2. The number of benzene rings is 2. The summed E-state index contributed by atoms with van der Waals surface area (Å²) < 4.78 is 0. The summed E-state index contributed by atoms with van der Waals surface area (Å²) in [5.74, 6) is 0.108. The Balaban J connectivity index is 1.75. The van der Waals surface area contributed by atoms with Gasteiger partial charge in [-0.3, -0.25) is 9.78 Å². The number of amides is 1. The third kappa shape index (κ3) is 2.46. The number of hydrogen-bond donors (Lipinski definition) is 0. The molecule has 0 radical (unpaired) electrons. The van der Waals surface area contributed by atoms with Crippen LogP contribution in [-0.2, 0) is 0 Å². The van der Waals surface area contributed by atoms with Crippen LogP contribution in [0.1, 0.15) is 39.6 Å². The molecular formula is C21H20N2O. The Morgan fingerprint density at radius 1 is 1.08 bits per heavy atom. The molecule has 120 valence electrons. The van der Waals surface area contributed by atoms with Crippen molar-refractivity contribution in [3.63, 3.8) is 0 Å². The van der Waals surface area contributed by atoms with Crippen LogP contribution in [-0.4, -0.2) is 22.3 Å². The van der Waals surface area contributed by atoms with E-state index in [2.05, 4.69) is 23.2 Å². The van der Waals surface area contributed by atoms with Crippen LogP contribution in [0.25, 0.3) is 10.9 Å². The highest BCUT2D eigenvalue weighted by Gasteiger charge is 2.34. The average Bonchev–Trinajstić information content (AvgIpc) is 2.54. The first-order valence-electron chi connectivity index (χ1n) is 8.37. The summed E-state index contributed by atoms with van der Waals surface area (Å²) in [4.78, 5) is 19.7. The van der Waals surface area contributed by atoms with Crippen LogP contribution in [0.2, 0.25) is 0 Å². The third-order valence-corrected chi connectivity index (χ3v) is 4.79. The van der Waals surface area contributed by atoms with Gasteiger partial charge in [0.1, 0.15) is 0 Å². The monoisotopic (exact) mass is 316 g/mol. The van der Waals surface area contributed by atoms with Gasteiger partial charge in [0.2, 0.25) is 0 Å². The van der Waals surface area contributed by atoms with Crippen molar-refractivity contribution in [2.45, 2.75) is 26.3 Å². The molecule has 2 heterocycles. The molecule has 0 saturated carbocycles. The highest BCUT2D eigenvalue weighted by atomic mass is 16.2. The maximum atomic E-state index is 13.2. The van der Waals surface area contributed by atoms with Gasteiger partial charge in [-0.1, -0.05) is 42.0 Å². The topological polar surface area (TPSA) is 33.2 Å². The molecule has 3 aromatic rings. The molecule has 3 heteroatoms. The molecule has 0 N–H and O–H groups in total. The van der Waals surface area contributed by atoms with Gasteiger partial charge in [-0.25, -0.2) is 0 Å². The van der Waals surface area contributed by atoms with Crippen LogP contribution in [0, 0.1) is 13.8 Å². The maximum absolute atomic E-state index is 13.2. The molecule has 0 bridgehead atoms. The zero-order chi connectivity index (χ0) is 16.7. The lowest BCUT2D eigenvalue weighted by Gasteiger charge is -2.41. The summed E-state index contributed by atoms with van der Waals surface area (Å²) in [7, 11) is 0. The molecule has 0 spiro atoms. The SMILES string of the molecule is Cc1ccc2nc(C)cc(C(=O)N3CC[C@H]3c3ccccc3)c2c1. The summed E-state index contributed by atoms with van der Waals surface area (Å²) in [6.07, 6.45) is 1.02. The third-order valence-electron chi connectivity index (χ3n) is 4.79. The summed E-state index contributed by atoms with van der Waals surface area (Å²) in [6, 6.07) is 18.5. The van der Waals surface area contributed by atoms with Crippen molar-refractivity contribution >= 4 is 16.8 Å². The summed E-state index contributed by atoms with van der Waals surface area (Å²) in [6.45, 7) is 4.80. The predicted octanol–water partition coefficient (Wildman–Crippen LogP) is 4.44. The lowest BCUT2D eigenvalue weighted by molar-refractivity contribution is 0.0462. The van der Waals surface area contributed by atoms with Gasteiger partial charge in [0.25, 0.3) is 5.91 Å². The summed E-state index contributed by atoms with van der Waals surface area (Å²) >= 11 is 0. The molecule has 1 saturated heterocycles. The van der Waals surface area contributed by atoms with E-state index in [1.807, 2.05) is 55.1 Å². The van der Waals surface area contributed by atoms with Gasteiger partial charge in [0.15, 0.2) is 0 Å². The average molecular weight is 316 g/mol. The number of carbonyl (C=O) groups excluding carboxylic acids is 1. The second-order valence-corrected chi connectivity index (χ2v) is 6.55. The second kappa shape index (κ2) is 5.75. The number of fused-ring (bicyclic) bond motifs is 1. The molecule has 1 amide bonds. The van der Waals surface area contributed by atoms with Gasteiger partial charge in [-0.15, -0.1) is 0 Å². The standard InChI is InChI=1S/C21H20N2O/c1-14-8-9-19-17(12-14)18(13-15(2)22-19)21(24)23-11-10-20(23)16-6-4-3-5-7-16/h3-9,12-13,20H,10-11H2,1-2H3/t20-/m0/s1. The van der Waals surface area contributed by atoms with Crippen molar-refractivity contribution < 1.29 is 4.79 Å². The second-order valence-electron chi connectivity index (χ2n) is 6.55. The number of pyridine rings is 1. The van der Waals surface area contributed by atoms with E-state index in [4.69, 9.17) is 0 Å². The first-order valence-corrected chi connectivity index (χ1v) is 8.37. The lowest BCUT2D eigenvalue weighted by atomic mass is 9.93. The van der Waals surface area contributed by atoms with E-state index in [-0.39, 0.29) is 11.9 Å². The number of nitrogens with zero attached hydrogens (tertiary/aromatic N) is 2.